The van der Waals surface area contributed by atoms with Crippen LogP contribution in [0.25, 0.3) is 0 Å². The van der Waals surface area contributed by atoms with Gasteiger partial charge < -0.3 is 14.2 Å². The lowest BCUT2D eigenvalue weighted by Gasteiger charge is -2.07. The minimum Gasteiger partial charge on any atom is -0.497 e. The maximum absolute atomic E-state index is 11.7. The highest BCUT2D eigenvalue weighted by molar-refractivity contribution is 5.72. The summed E-state index contributed by atoms with van der Waals surface area (Å²) in [7, 11) is 1.61. The molecule has 2 aromatic carbocycles. The molecule has 4 nitrogen and oxygen atoms in total. The number of carbonyl (C=O) groups is 1. The summed E-state index contributed by atoms with van der Waals surface area (Å²) < 4.78 is 15.8. The largest absolute Gasteiger partial charge is 0.497 e. The molecule has 0 spiro atoms. The van der Waals surface area contributed by atoms with E-state index in [0.29, 0.717) is 11.5 Å². The zero-order valence-electron chi connectivity index (χ0n) is 12.2. The number of ether oxygens (including phenoxy) is 3. The Hall–Kier alpha value is -2.49. The molecule has 4 heteroatoms. The molecular formula is C17H18O4. The van der Waals surface area contributed by atoms with Crippen molar-refractivity contribution in [3.63, 3.8) is 0 Å². The quantitative estimate of drug-likeness (QED) is 0.603. The Kier molecular flexibility index (Phi) is 5.21. The van der Waals surface area contributed by atoms with Gasteiger partial charge >= 0.3 is 5.97 Å². The van der Waals surface area contributed by atoms with Gasteiger partial charge in [-0.1, -0.05) is 12.1 Å². The summed E-state index contributed by atoms with van der Waals surface area (Å²) in [5.41, 5.74) is 1.05. The third kappa shape index (κ3) is 4.84. The fourth-order valence-corrected chi connectivity index (χ4v) is 1.79. The van der Waals surface area contributed by atoms with Crippen molar-refractivity contribution < 1.29 is 19.0 Å². The number of methoxy groups -OCH3 is 1. The maximum Gasteiger partial charge on any atom is 0.314 e. The lowest BCUT2D eigenvalue weighted by atomic mass is 10.2. The fraction of sp³-hybridized carbons (Fsp3) is 0.235. The van der Waals surface area contributed by atoms with E-state index >= 15 is 0 Å². The van der Waals surface area contributed by atoms with Crippen molar-refractivity contribution in [2.75, 3.05) is 13.7 Å². The maximum atomic E-state index is 11.7. The first-order chi connectivity index (χ1) is 10.2. The van der Waals surface area contributed by atoms with Gasteiger partial charge in [-0.15, -0.1) is 0 Å². The van der Waals surface area contributed by atoms with Crippen LogP contribution in [0.15, 0.2) is 48.5 Å². The van der Waals surface area contributed by atoms with Gasteiger partial charge in [0.25, 0.3) is 0 Å². The fourth-order valence-electron chi connectivity index (χ4n) is 1.79. The van der Waals surface area contributed by atoms with Crippen molar-refractivity contribution in [3.05, 3.63) is 54.1 Å². The second-order valence-electron chi connectivity index (χ2n) is 4.56. The van der Waals surface area contributed by atoms with E-state index in [0.717, 1.165) is 11.3 Å². The van der Waals surface area contributed by atoms with Crippen molar-refractivity contribution in [1.29, 1.82) is 0 Å². The number of benzene rings is 2. The Balaban J connectivity index is 1.76. The minimum absolute atomic E-state index is 0.194. The average Bonchev–Trinajstić information content (AvgIpc) is 2.48. The molecule has 0 amide bonds. The number of rotatable bonds is 6. The number of aryl methyl sites for hydroxylation is 1. The summed E-state index contributed by atoms with van der Waals surface area (Å²) in [6.45, 7) is 2.22. The lowest BCUT2D eigenvalue weighted by Crippen LogP contribution is -2.12. The summed E-state index contributed by atoms with van der Waals surface area (Å²) in [6, 6.07) is 14.6. The highest BCUT2D eigenvalue weighted by Crippen LogP contribution is 2.17. The smallest absolute Gasteiger partial charge is 0.314 e. The third-order valence-electron chi connectivity index (χ3n) is 2.86. The van der Waals surface area contributed by atoms with Gasteiger partial charge in [0.1, 0.15) is 17.2 Å². The number of hydrogen-bond acceptors (Lipinski definition) is 4. The molecule has 0 aliphatic heterocycles. The van der Waals surface area contributed by atoms with Crippen LogP contribution in [0.5, 0.6) is 17.2 Å². The summed E-state index contributed by atoms with van der Waals surface area (Å²) in [4.78, 5) is 11.7. The summed E-state index contributed by atoms with van der Waals surface area (Å²) in [5.74, 6) is 1.71. The van der Waals surface area contributed by atoms with Crippen molar-refractivity contribution >= 4 is 5.97 Å². The van der Waals surface area contributed by atoms with Crippen LogP contribution in [0.2, 0.25) is 0 Å². The van der Waals surface area contributed by atoms with Crippen molar-refractivity contribution in [2.45, 2.75) is 13.3 Å². The Morgan fingerprint density at radius 2 is 1.71 bits per heavy atom. The Morgan fingerprint density at radius 1 is 1.00 bits per heavy atom. The normalized spacial score (nSPS) is 10.0. The van der Waals surface area contributed by atoms with E-state index in [2.05, 4.69) is 0 Å². The van der Waals surface area contributed by atoms with Crippen LogP contribution in [0, 0.1) is 6.92 Å². The molecule has 0 saturated heterocycles. The predicted octanol–water partition coefficient (Wildman–Crippen LogP) is 3.38. The van der Waals surface area contributed by atoms with Gasteiger partial charge in [0.15, 0.2) is 0 Å². The SMILES string of the molecule is COc1ccc(OCCC(=O)Oc2cccc(C)c2)cc1. The molecule has 0 aromatic heterocycles. The van der Waals surface area contributed by atoms with E-state index in [4.69, 9.17) is 14.2 Å². The zero-order valence-corrected chi connectivity index (χ0v) is 12.2. The molecule has 0 saturated carbocycles. The van der Waals surface area contributed by atoms with Gasteiger partial charge in [0.05, 0.1) is 20.1 Å². The minimum atomic E-state index is -0.311. The molecule has 0 unspecified atom stereocenters. The van der Waals surface area contributed by atoms with Crippen LogP contribution in [-0.4, -0.2) is 19.7 Å². The Bertz CT molecular complexity index is 590. The predicted molar refractivity (Wildman–Crippen MR) is 79.9 cm³/mol. The number of carbonyl (C=O) groups excluding carboxylic acids is 1. The average molecular weight is 286 g/mol. The highest BCUT2D eigenvalue weighted by atomic mass is 16.5. The molecule has 0 heterocycles. The van der Waals surface area contributed by atoms with Gasteiger partial charge in [-0.3, -0.25) is 4.79 Å². The molecule has 21 heavy (non-hydrogen) atoms. The van der Waals surface area contributed by atoms with Crippen molar-refractivity contribution in [1.82, 2.24) is 0 Å². The first-order valence-electron chi connectivity index (χ1n) is 6.71. The molecule has 0 aliphatic rings. The molecule has 0 fully saturated rings. The van der Waals surface area contributed by atoms with Crippen LogP contribution < -0.4 is 14.2 Å². The highest BCUT2D eigenvalue weighted by Gasteiger charge is 2.05. The second-order valence-corrected chi connectivity index (χ2v) is 4.56. The molecule has 110 valence electrons. The molecule has 0 bridgehead atoms. The summed E-state index contributed by atoms with van der Waals surface area (Å²) >= 11 is 0. The van der Waals surface area contributed by atoms with Crippen molar-refractivity contribution in [2.24, 2.45) is 0 Å². The third-order valence-corrected chi connectivity index (χ3v) is 2.86. The summed E-state index contributed by atoms with van der Waals surface area (Å²) in [5, 5.41) is 0. The first-order valence-corrected chi connectivity index (χ1v) is 6.71. The molecule has 0 radical (unpaired) electrons. The van der Waals surface area contributed by atoms with E-state index in [9.17, 15) is 4.79 Å². The van der Waals surface area contributed by atoms with Crippen LogP contribution in [0.3, 0.4) is 0 Å². The number of hydrogen-bond donors (Lipinski definition) is 0. The second kappa shape index (κ2) is 7.33. The molecule has 0 N–H and O–H groups in total. The molecule has 0 atom stereocenters. The van der Waals surface area contributed by atoms with Gasteiger partial charge in [-0.05, 0) is 48.9 Å². The summed E-state index contributed by atoms with van der Waals surface area (Å²) in [6.07, 6.45) is 0.194. The van der Waals surface area contributed by atoms with Gasteiger partial charge in [0, 0.05) is 0 Å². The van der Waals surface area contributed by atoms with Gasteiger partial charge in [-0.2, -0.15) is 0 Å². The zero-order chi connectivity index (χ0) is 15.1. The number of esters is 1. The molecule has 0 aliphatic carbocycles. The monoisotopic (exact) mass is 286 g/mol. The van der Waals surface area contributed by atoms with E-state index in [1.807, 2.05) is 25.1 Å². The van der Waals surface area contributed by atoms with Crippen molar-refractivity contribution in [3.8, 4) is 17.2 Å². The molecule has 2 rings (SSSR count). The van der Waals surface area contributed by atoms with E-state index in [1.165, 1.54) is 0 Å². The standard InChI is InChI=1S/C17H18O4/c1-13-4-3-5-16(12-13)21-17(18)10-11-20-15-8-6-14(19-2)7-9-15/h3-9,12H,10-11H2,1-2H3. The molecule has 2 aromatic rings. The first kappa shape index (κ1) is 14.9. The Labute approximate surface area is 124 Å². The lowest BCUT2D eigenvalue weighted by molar-refractivity contribution is -0.134. The van der Waals surface area contributed by atoms with Crippen LogP contribution in [0.4, 0.5) is 0 Å². The van der Waals surface area contributed by atoms with E-state index < -0.39 is 0 Å². The Morgan fingerprint density at radius 3 is 2.38 bits per heavy atom. The topological polar surface area (TPSA) is 44.8 Å². The molecular weight excluding hydrogens is 268 g/mol. The van der Waals surface area contributed by atoms with Crippen LogP contribution >= 0.6 is 0 Å². The van der Waals surface area contributed by atoms with Crippen LogP contribution in [-0.2, 0) is 4.79 Å². The van der Waals surface area contributed by atoms with Crippen LogP contribution in [0.1, 0.15) is 12.0 Å². The van der Waals surface area contributed by atoms with E-state index in [-0.39, 0.29) is 19.0 Å². The van der Waals surface area contributed by atoms with Gasteiger partial charge in [0.2, 0.25) is 0 Å². The van der Waals surface area contributed by atoms with E-state index in [1.54, 1.807) is 37.4 Å². The van der Waals surface area contributed by atoms with Gasteiger partial charge in [-0.25, -0.2) is 0 Å².